The van der Waals surface area contributed by atoms with Gasteiger partial charge in [-0.3, -0.25) is 0 Å². The van der Waals surface area contributed by atoms with Crippen molar-refractivity contribution in [3.8, 4) is 0 Å². The first-order valence-electron chi connectivity index (χ1n) is 4.64. The molecule has 2 heterocycles. The van der Waals surface area contributed by atoms with Crippen molar-refractivity contribution in [2.75, 3.05) is 19.6 Å². The second-order valence-corrected chi connectivity index (χ2v) is 5.21. The van der Waals surface area contributed by atoms with Crippen molar-refractivity contribution in [3.05, 3.63) is 0 Å². The highest BCUT2D eigenvalue weighted by atomic mass is 127. The Morgan fingerprint density at radius 1 is 1.38 bits per heavy atom. The molecule has 0 aromatic rings. The molecule has 5 heteroatoms. The molecule has 2 fully saturated rings. The lowest BCUT2D eigenvalue weighted by Crippen LogP contribution is -2.67. The smallest absolute Gasteiger partial charge is 0.315 e. The number of nitrogens with one attached hydrogen (secondary N) is 3. The first kappa shape index (κ1) is 9.51. The van der Waals surface area contributed by atoms with E-state index in [1.165, 1.54) is 0 Å². The summed E-state index contributed by atoms with van der Waals surface area (Å²) >= 11 is 2.43. The van der Waals surface area contributed by atoms with Gasteiger partial charge in [-0.25, -0.2) is 4.79 Å². The fourth-order valence-corrected chi connectivity index (χ4v) is 3.04. The minimum absolute atomic E-state index is 0.00480. The number of alkyl halides is 1. The van der Waals surface area contributed by atoms with Crippen LogP contribution in [0.2, 0.25) is 0 Å². The Hall–Kier alpha value is -0.0400. The number of halogens is 1. The number of hydrogen-bond acceptors (Lipinski definition) is 2. The molecule has 2 amide bonds. The third-order valence-corrected chi connectivity index (χ3v) is 4.53. The third-order valence-electron chi connectivity index (χ3n) is 2.90. The quantitative estimate of drug-likeness (QED) is 0.442. The van der Waals surface area contributed by atoms with Crippen molar-refractivity contribution in [1.82, 2.24) is 16.0 Å². The monoisotopic (exact) mass is 295 g/mol. The Morgan fingerprint density at radius 3 is 2.77 bits per heavy atom. The molecule has 74 valence electrons. The summed E-state index contributed by atoms with van der Waals surface area (Å²) in [6.07, 6.45) is 2.10. The summed E-state index contributed by atoms with van der Waals surface area (Å²) in [5.41, 5.74) is 0.0497. The number of piperidine rings is 1. The normalized spacial score (nSPS) is 32.4. The molecule has 0 unspecified atom stereocenters. The fourth-order valence-electron chi connectivity index (χ4n) is 2.04. The average Bonchev–Trinajstić information content (AvgIpc) is 2.14. The summed E-state index contributed by atoms with van der Waals surface area (Å²) in [6.45, 7) is 2.83. The first-order valence-corrected chi connectivity index (χ1v) is 5.88. The summed E-state index contributed by atoms with van der Waals surface area (Å²) in [5, 5.41) is 9.23. The van der Waals surface area contributed by atoms with E-state index in [1.807, 2.05) is 0 Å². The van der Waals surface area contributed by atoms with Crippen molar-refractivity contribution in [1.29, 1.82) is 0 Å². The van der Waals surface area contributed by atoms with Crippen molar-refractivity contribution < 1.29 is 4.79 Å². The van der Waals surface area contributed by atoms with Gasteiger partial charge in [0.05, 0.1) is 9.46 Å². The molecule has 13 heavy (non-hydrogen) atoms. The van der Waals surface area contributed by atoms with E-state index in [4.69, 9.17) is 0 Å². The number of urea groups is 1. The van der Waals surface area contributed by atoms with Crippen LogP contribution >= 0.6 is 22.6 Å². The summed E-state index contributed by atoms with van der Waals surface area (Å²) in [6, 6.07) is -0.00480. The van der Waals surface area contributed by atoms with Gasteiger partial charge in [0, 0.05) is 6.54 Å². The van der Waals surface area contributed by atoms with Gasteiger partial charge >= 0.3 is 6.03 Å². The highest BCUT2D eigenvalue weighted by Crippen LogP contribution is 2.29. The van der Waals surface area contributed by atoms with Gasteiger partial charge < -0.3 is 16.0 Å². The molecule has 0 aliphatic carbocycles. The van der Waals surface area contributed by atoms with Gasteiger partial charge in [-0.15, -0.1) is 0 Å². The maximum absolute atomic E-state index is 11.2. The van der Waals surface area contributed by atoms with Crippen LogP contribution < -0.4 is 16.0 Å². The van der Waals surface area contributed by atoms with Crippen LogP contribution in [0.5, 0.6) is 0 Å². The van der Waals surface area contributed by atoms with E-state index in [1.54, 1.807) is 0 Å². The predicted octanol–water partition coefficient (Wildman–Crippen LogP) is 0.225. The fraction of sp³-hybridized carbons (Fsp3) is 0.875. The molecule has 2 aliphatic heterocycles. The predicted molar refractivity (Wildman–Crippen MR) is 59.2 cm³/mol. The van der Waals surface area contributed by atoms with Crippen molar-refractivity contribution >= 4 is 28.6 Å². The summed E-state index contributed by atoms with van der Waals surface area (Å²) < 4.78 is 0.505. The molecule has 2 aliphatic rings. The van der Waals surface area contributed by atoms with Crippen LogP contribution in [0, 0.1) is 0 Å². The highest BCUT2D eigenvalue weighted by molar-refractivity contribution is 14.1. The van der Waals surface area contributed by atoms with Gasteiger partial charge in [0.25, 0.3) is 0 Å². The lowest BCUT2D eigenvalue weighted by Gasteiger charge is -2.45. The average molecular weight is 295 g/mol. The van der Waals surface area contributed by atoms with Gasteiger partial charge in [-0.2, -0.15) is 0 Å². The zero-order valence-corrected chi connectivity index (χ0v) is 9.56. The van der Waals surface area contributed by atoms with Crippen molar-refractivity contribution in [3.63, 3.8) is 0 Å². The van der Waals surface area contributed by atoms with Crippen LogP contribution in [0.4, 0.5) is 4.79 Å². The number of amides is 2. The van der Waals surface area contributed by atoms with Crippen molar-refractivity contribution in [2.24, 2.45) is 0 Å². The molecule has 2 rings (SSSR count). The maximum atomic E-state index is 11.2. The standard InChI is InChI=1S/C8H14IN3O/c9-6-5-11-7(13)12-8(6)1-3-10-4-2-8/h6,10H,1-5H2,(H2,11,12,13)/t6-/m1/s1. The van der Waals surface area contributed by atoms with Crippen LogP contribution in [0.15, 0.2) is 0 Å². The molecule has 1 spiro atoms. The van der Waals surface area contributed by atoms with E-state index in [0.29, 0.717) is 3.92 Å². The van der Waals surface area contributed by atoms with Gasteiger partial charge in [0.15, 0.2) is 0 Å². The molecule has 3 N–H and O–H groups in total. The minimum Gasteiger partial charge on any atom is -0.337 e. The van der Waals surface area contributed by atoms with Crippen LogP contribution in [-0.2, 0) is 0 Å². The second-order valence-electron chi connectivity index (χ2n) is 3.71. The molecule has 0 aromatic heterocycles. The van der Waals surface area contributed by atoms with Gasteiger partial charge in [0.2, 0.25) is 0 Å². The molecular formula is C8H14IN3O. The molecule has 0 bridgehead atoms. The maximum Gasteiger partial charge on any atom is 0.315 e. The van der Waals surface area contributed by atoms with Gasteiger partial charge in [-0.05, 0) is 25.9 Å². The largest absolute Gasteiger partial charge is 0.337 e. The molecule has 4 nitrogen and oxygen atoms in total. The van der Waals surface area contributed by atoms with E-state index in [-0.39, 0.29) is 11.6 Å². The Labute approximate surface area is 91.4 Å². The Morgan fingerprint density at radius 2 is 2.08 bits per heavy atom. The van der Waals surface area contributed by atoms with E-state index < -0.39 is 0 Å². The second kappa shape index (κ2) is 3.61. The zero-order valence-electron chi connectivity index (χ0n) is 7.40. The number of carbonyl (C=O) groups excluding carboxylic acids is 1. The molecule has 0 saturated carbocycles. The minimum atomic E-state index is -0.00480. The number of hydrogen-bond donors (Lipinski definition) is 3. The van der Waals surface area contributed by atoms with Gasteiger partial charge in [0.1, 0.15) is 0 Å². The number of rotatable bonds is 0. The van der Waals surface area contributed by atoms with E-state index in [9.17, 15) is 4.79 Å². The number of carbonyl (C=O) groups is 1. The summed E-state index contributed by atoms with van der Waals surface area (Å²) in [7, 11) is 0. The lowest BCUT2D eigenvalue weighted by molar-refractivity contribution is 0.190. The van der Waals surface area contributed by atoms with Crippen molar-refractivity contribution in [2.45, 2.75) is 22.3 Å². The molecular weight excluding hydrogens is 281 g/mol. The molecule has 1 atom stereocenters. The first-order chi connectivity index (χ1) is 6.23. The highest BCUT2D eigenvalue weighted by Gasteiger charge is 2.42. The lowest BCUT2D eigenvalue weighted by atomic mass is 9.84. The SMILES string of the molecule is O=C1NC[C@@H](I)C2(CCNCC2)N1. The Balaban J connectivity index is 2.11. The van der Waals surface area contributed by atoms with Crippen LogP contribution in [0.1, 0.15) is 12.8 Å². The molecule has 2 saturated heterocycles. The topological polar surface area (TPSA) is 53.2 Å². The van der Waals surface area contributed by atoms with E-state index in [0.717, 1.165) is 32.5 Å². The summed E-state index contributed by atoms with van der Waals surface area (Å²) in [4.78, 5) is 11.2. The third kappa shape index (κ3) is 1.76. The molecule has 0 radical (unpaired) electrons. The van der Waals surface area contributed by atoms with Crippen LogP contribution in [0.3, 0.4) is 0 Å². The summed E-state index contributed by atoms with van der Waals surface area (Å²) in [5.74, 6) is 0. The van der Waals surface area contributed by atoms with Gasteiger partial charge in [-0.1, -0.05) is 22.6 Å². The van der Waals surface area contributed by atoms with E-state index >= 15 is 0 Å². The van der Waals surface area contributed by atoms with E-state index in [2.05, 4.69) is 38.5 Å². The Bertz CT molecular complexity index is 215. The van der Waals surface area contributed by atoms with Crippen LogP contribution in [-0.4, -0.2) is 35.1 Å². The Kier molecular flexibility index (Phi) is 2.64. The van der Waals surface area contributed by atoms with Crippen LogP contribution in [0.25, 0.3) is 0 Å². The molecule has 0 aromatic carbocycles. The zero-order chi connectivity index (χ0) is 9.31.